The molecule has 0 unspecified atom stereocenters. The highest BCUT2D eigenvalue weighted by molar-refractivity contribution is 6.35. The van der Waals surface area contributed by atoms with E-state index in [4.69, 9.17) is 34.8 Å². The fourth-order valence-corrected chi connectivity index (χ4v) is 2.03. The minimum Gasteiger partial charge on any atom is -0.304 e. The van der Waals surface area contributed by atoms with Crippen LogP contribution in [0, 0.1) is 0 Å². The number of rotatable bonds is 3. The highest BCUT2D eigenvalue weighted by Crippen LogP contribution is 2.21. The van der Waals surface area contributed by atoms with E-state index in [-0.39, 0.29) is 0 Å². The number of benzene rings is 1. The van der Waals surface area contributed by atoms with E-state index in [9.17, 15) is 0 Å². The Morgan fingerprint density at radius 3 is 2.62 bits per heavy atom. The van der Waals surface area contributed by atoms with Gasteiger partial charge in [-0.1, -0.05) is 29.3 Å². The molecular formula is C10H8Cl3N3. The molecule has 0 fully saturated rings. The molecule has 1 heterocycles. The predicted octanol–water partition coefficient (Wildman–Crippen LogP) is 3.48. The van der Waals surface area contributed by atoms with Crippen molar-refractivity contribution in [2.75, 3.05) is 0 Å². The van der Waals surface area contributed by atoms with E-state index in [1.807, 2.05) is 12.1 Å². The molecular weight excluding hydrogens is 268 g/mol. The summed E-state index contributed by atoms with van der Waals surface area (Å²) in [6.45, 7) is 0.688. The van der Waals surface area contributed by atoms with Crippen molar-refractivity contribution in [2.24, 2.45) is 0 Å². The van der Waals surface area contributed by atoms with Crippen molar-refractivity contribution in [3.8, 4) is 0 Å². The van der Waals surface area contributed by atoms with Crippen LogP contribution in [0.5, 0.6) is 0 Å². The summed E-state index contributed by atoms with van der Waals surface area (Å²) in [4.78, 5) is 0. The van der Waals surface area contributed by atoms with Crippen molar-refractivity contribution >= 4 is 34.8 Å². The Morgan fingerprint density at radius 1 is 1.19 bits per heavy atom. The van der Waals surface area contributed by atoms with Crippen LogP contribution in [0.15, 0.2) is 24.5 Å². The first-order valence-corrected chi connectivity index (χ1v) is 5.77. The Morgan fingerprint density at radius 2 is 2.00 bits per heavy atom. The van der Waals surface area contributed by atoms with Crippen LogP contribution in [0.3, 0.4) is 0 Å². The summed E-state index contributed by atoms with van der Waals surface area (Å²) in [5.74, 6) is 0. The molecule has 6 heteroatoms. The van der Waals surface area contributed by atoms with Crippen molar-refractivity contribution in [1.29, 1.82) is 0 Å². The highest BCUT2D eigenvalue weighted by Gasteiger charge is 2.04. The largest absolute Gasteiger partial charge is 0.304 e. The van der Waals surface area contributed by atoms with Gasteiger partial charge in [0.25, 0.3) is 0 Å². The van der Waals surface area contributed by atoms with Gasteiger partial charge in [0, 0.05) is 16.6 Å². The van der Waals surface area contributed by atoms with Crippen LogP contribution in [0.4, 0.5) is 0 Å². The lowest BCUT2D eigenvalue weighted by atomic mass is 10.1. The zero-order valence-electron chi connectivity index (χ0n) is 8.20. The Bertz CT molecular complexity index is 496. The second-order valence-electron chi connectivity index (χ2n) is 3.28. The molecule has 16 heavy (non-hydrogen) atoms. The molecule has 0 N–H and O–H groups in total. The molecule has 84 valence electrons. The van der Waals surface area contributed by atoms with Gasteiger partial charge in [-0.05, 0) is 35.7 Å². The van der Waals surface area contributed by atoms with E-state index in [0.29, 0.717) is 21.9 Å². The fourth-order valence-electron chi connectivity index (χ4n) is 1.36. The molecule has 0 saturated carbocycles. The fraction of sp³-hybridized carbons (Fsp3) is 0.200. The Kier molecular flexibility index (Phi) is 3.69. The third-order valence-electron chi connectivity index (χ3n) is 2.21. The number of aromatic nitrogens is 3. The lowest BCUT2D eigenvalue weighted by Crippen LogP contribution is -2.00. The third-order valence-corrected chi connectivity index (χ3v) is 3.09. The normalized spacial score (nSPS) is 10.7. The third kappa shape index (κ3) is 2.67. The Labute approximate surface area is 108 Å². The summed E-state index contributed by atoms with van der Waals surface area (Å²) in [7, 11) is 0. The van der Waals surface area contributed by atoms with E-state index in [1.165, 1.54) is 0 Å². The van der Waals surface area contributed by atoms with Gasteiger partial charge in [0.05, 0.1) is 0 Å². The number of aryl methyl sites for hydroxylation is 2. The maximum absolute atomic E-state index is 6.05. The summed E-state index contributed by atoms with van der Waals surface area (Å²) in [5.41, 5.74) is 1.02. The Hall–Kier alpha value is -0.770. The first-order valence-electron chi connectivity index (χ1n) is 4.64. The van der Waals surface area contributed by atoms with Gasteiger partial charge in [0.15, 0.2) is 0 Å². The minimum absolute atomic E-state index is 0.380. The number of nitrogens with zero attached hydrogens (tertiary/aromatic N) is 3. The number of halogens is 3. The molecule has 0 saturated heterocycles. The van der Waals surface area contributed by atoms with Crippen LogP contribution in [0.2, 0.25) is 15.3 Å². The summed E-state index contributed by atoms with van der Waals surface area (Å²) < 4.78 is 1.76. The topological polar surface area (TPSA) is 30.7 Å². The van der Waals surface area contributed by atoms with Crippen LogP contribution in [0.25, 0.3) is 0 Å². The van der Waals surface area contributed by atoms with Gasteiger partial charge in [0.1, 0.15) is 6.33 Å². The molecule has 0 atom stereocenters. The van der Waals surface area contributed by atoms with Gasteiger partial charge in [-0.2, -0.15) is 0 Å². The number of hydrogen-bond acceptors (Lipinski definition) is 2. The Balaban J connectivity index is 2.08. The summed E-state index contributed by atoms with van der Waals surface area (Å²) in [5, 5.41) is 9.07. The molecule has 0 bridgehead atoms. The molecule has 2 aromatic rings. The zero-order chi connectivity index (χ0) is 11.5. The number of hydrogen-bond donors (Lipinski definition) is 0. The van der Waals surface area contributed by atoms with E-state index in [2.05, 4.69) is 10.2 Å². The van der Waals surface area contributed by atoms with Crippen LogP contribution < -0.4 is 0 Å². The molecule has 1 aromatic carbocycles. The molecule has 0 amide bonds. The van der Waals surface area contributed by atoms with Crippen molar-refractivity contribution in [2.45, 2.75) is 13.0 Å². The summed E-state index contributed by atoms with van der Waals surface area (Å²) >= 11 is 17.7. The van der Waals surface area contributed by atoms with Crippen LogP contribution in [0.1, 0.15) is 5.56 Å². The van der Waals surface area contributed by atoms with Crippen molar-refractivity contribution in [1.82, 2.24) is 14.8 Å². The van der Waals surface area contributed by atoms with E-state index < -0.39 is 0 Å². The van der Waals surface area contributed by atoms with Crippen molar-refractivity contribution < 1.29 is 0 Å². The maximum atomic E-state index is 6.05. The van der Waals surface area contributed by atoms with Crippen molar-refractivity contribution in [3.63, 3.8) is 0 Å². The molecule has 3 nitrogen and oxygen atoms in total. The molecule has 0 aliphatic carbocycles. The SMILES string of the molecule is Clc1ccc(CCn2cnnc2Cl)c(Cl)c1. The average Bonchev–Trinajstić information content (AvgIpc) is 2.63. The molecule has 0 aliphatic heterocycles. The maximum Gasteiger partial charge on any atom is 0.224 e. The second kappa shape index (κ2) is 5.04. The van der Waals surface area contributed by atoms with E-state index >= 15 is 0 Å². The van der Waals surface area contributed by atoms with Crippen LogP contribution in [-0.4, -0.2) is 14.8 Å². The summed E-state index contributed by atoms with van der Waals surface area (Å²) in [6, 6.07) is 5.45. The van der Waals surface area contributed by atoms with Gasteiger partial charge in [-0.25, -0.2) is 0 Å². The average molecular weight is 277 g/mol. The first kappa shape index (κ1) is 11.7. The van der Waals surface area contributed by atoms with Gasteiger partial charge in [-0.3, -0.25) is 0 Å². The minimum atomic E-state index is 0.380. The van der Waals surface area contributed by atoms with Crippen molar-refractivity contribution in [3.05, 3.63) is 45.4 Å². The molecule has 1 aromatic heterocycles. The quantitative estimate of drug-likeness (QED) is 0.859. The summed E-state index contributed by atoms with van der Waals surface area (Å²) in [6.07, 6.45) is 2.35. The van der Waals surface area contributed by atoms with Gasteiger partial charge in [0.2, 0.25) is 5.28 Å². The molecule has 0 spiro atoms. The zero-order valence-corrected chi connectivity index (χ0v) is 10.5. The monoisotopic (exact) mass is 275 g/mol. The molecule has 0 aliphatic rings. The highest BCUT2D eigenvalue weighted by atomic mass is 35.5. The second-order valence-corrected chi connectivity index (χ2v) is 4.46. The lowest BCUT2D eigenvalue weighted by Gasteiger charge is -2.05. The van der Waals surface area contributed by atoms with E-state index in [0.717, 1.165) is 12.0 Å². The molecule has 0 radical (unpaired) electrons. The molecule has 2 rings (SSSR count). The predicted molar refractivity (Wildman–Crippen MR) is 65.2 cm³/mol. The van der Waals surface area contributed by atoms with Crippen LogP contribution >= 0.6 is 34.8 Å². The van der Waals surface area contributed by atoms with E-state index in [1.54, 1.807) is 17.0 Å². The van der Waals surface area contributed by atoms with Crippen LogP contribution in [-0.2, 0) is 13.0 Å². The lowest BCUT2D eigenvalue weighted by molar-refractivity contribution is 0.694. The standard InChI is InChI=1S/C10H8Cl3N3/c11-8-2-1-7(9(12)5-8)3-4-16-6-14-15-10(16)13/h1-2,5-6H,3-4H2. The van der Waals surface area contributed by atoms with Gasteiger partial charge < -0.3 is 4.57 Å². The van der Waals surface area contributed by atoms with Gasteiger partial charge >= 0.3 is 0 Å². The smallest absolute Gasteiger partial charge is 0.224 e. The first-order chi connectivity index (χ1) is 7.66. The van der Waals surface area contributed by atoms with Gasteiger partial charge in [-0.15, -0.1) is 10.2 Å².